The second kappa shape index (κ2) is 7.97. The van der Waals surface area contributed by atoms with Gasteiger partial charge in [0.25, 0.3) is 0 Å². The van der Waals surface area contributed by atoms with Crippen LogP contribution in [0.4, 0.5) is 0 Å². The van der Waals surface area contributed by atoms with Crippen LogP contribution in [-0.4, -0.2) is 11.7 Å². The number of allylic oxidation sites excluding steroid dienone is 2. The summed E-state index contributed by atoms with van der Waals surface area (Å²) < 4.78 is 5.78. The number of aliphatic hydroxyl groups is 1. The zero-order valence-corrected chi connectivity index (χ0v) is 16.9. The largest absolute Gasteiger partial charge is 0.493 e. The number of para-hydroxylation sites is 1. The van der Waals surface area contributed by atoms with E-state index in [1.807, 2.05) is 37.3 Å². The van der Waals surface area contributed by atoms with Crippen LogP contribution in [0.1, 0.15) is 55.7 Å². The summed E-state index contributed by atoms with van der Waals surface area (Å²) in [4.78, 5) is 0. The quantitative estimate of drug-likeness (QED) is 0.704. The van der Waals surface area contributed by atoms with Gasteiger partial charge in [0.1, 0.15) is 11.4 Å². The number of ether oxygens (including phenoxy) is 1. The van der Waals surface area contributed by atoms with Crippen molar-refractivity contribution < 1.29 is 9.84 Å². The Morgan fingerprint density at radius 1 is 1.11 bits per heavy atom. The lowest BCUT2D eigenvalue weighted by molar-refractivity contribution is 0.0465. The summed E-state index contributed by atoms with van der Waals surface area (Å²) in [5, 5.41) is 11.5. The second-order valence-corrected chi connectivity index (χ2v) is 8.11. The summed E-state index contributed by atoms with van der Waals surface area (Å²) in [6.45, 7) is 4.66. The lowest BCUT2D eigenvalue weighted by Crippen LogP contribution is -2.33. The Hall–Kier alpha value is -2.32. The molecular weight excluding hydrogens is 344 g/mol. The maximum atomic E-state index is 11.5. The maximum Gasteiger partial charge on any atom is 0.125 e. The van der Waals surface area contributed by atoms with Crippen LogP contribution in [-0.2, 0) is 12.0 Å². The number of aryl methyl sites for hydroxylation is 1. The molecule has 0 heterocycles. The van der Waals surface area contributed by atoms with E-state index in [1.54, 1.807) is 0 Å². The second-order valence-electron chi connectivity index (χ2n) is 8.11. The SMILES string of the molecule is CCOc1ccccc1C1(O)C=CC(CC2CCCc3ccccc32)=CC1C. The van der Waals surface area contributed by atoms with Gasteiger partial charge in [-0.25, -0.2) is 0 Å². The molecule has 0 radical (unpaired) electrons. The molecule has 3 unspecified atom stereocenters. The average molecular weight is 375 g/mol. The minimum absolute atomic E-state index is 0.00654. The summed E-state index contributed by atoms with van der Waals surface area (Å²) >= 11 is 0. The van der Waals surface area contributed by atoms with Crippen molar-refractivity contribution in [1.29, 1.82) is 0 Å². The van der Waals surface area contributed by atoms with E-state index in [0.29, 0.717) is 12.5 Å². The fourth-order valence-corrected chi connectivity index (χ4v) is 4.79. The van der Waals surface area contributed by atoms with Crippen molar-refractivity contribution >= 4 is 0 Å². The molecule has 0 aromatic heterocycles. The van der Waals surface area contributed by atoms with Gasteiger partial charge in [0.2, 0.25) is 0 Å². The molecule has 2 nitrogen and oxygen atoms in total. The van der Waals surface area contributed by atoms with E-state index in [2.05, 4.69) is 43.3 Å². The molecule has 2 aromatic carbocycles. The fraction of sp³-hybridized carbons (Fsp3) is 0.385. The van der Waals surface area contributed by atoms with Gasteiger partial charge in [-0.05, 0) is 61.8 Å². The van der Waals surface area contributed by atoms with E-state index in [0.717, 1.165) is 17.7 Å². The van der Waals surface area contributed by atoms with Crippen LogP contribution in [0.3, 0.4) is 0 Å². The van der Waals surface area contributed by atoms with Gasteiger partial charge in [-0.1, -0.05) is 67.1 Å². The van der Waals surface area contributed by atoms with Crippen molar-refractivity contribution in [2.75, 3.05) is 6.61 Å². The fourth-order valence-electron chi connectivity index (χ4n) is 4.79. The smallest absolute Gasteiger partial charge is 0.125 e. The number of rotatable bonds is 5. The minimum atomic E-state index is -1.03. The van der Waals surface area contributed by atoms with Crippen LogP contribution in [0.15, 0.2) is 72.3 Å². The van der Waals surface area contributed by atoms with E-state index in [-0.39, 0.29) is 5.92 Å². The molecule has 1 N–H and O–H groups in total. The summed E-state index contributed by atoms with van der Waals surface area (Å²) in [6.07, 6.45) is 11.1. The summed E-state index contributed by atoms with van der Waals surface area (Å²) in [7, 11) is 0. The third-order valence-electron chi connectivity index (χ3n) is 6.30. The van der Waals surface area contributed by atoms with Crippen LogP contribution in [0, 0.1) is 5.92 Å². The van der Waals surface area contributed by atoms with E-state index in [4.69, 9.17) is 4.74 Å². The zero-order chi connectivity index (χ0) is 19.6. The Morgan fingerprint density at radius 3 is 2.71 bits per heavy atom. The van der Waals surface area contributed by atoms with Crippen molar-refractivity contribution in [2.45, 2.75) is 51.0 Å². The molecule has 146 valence electrons. The van der Waals surface area contributed by atoms with Gasteiger partial charge in [0.05, 0.1) is 6.61 Å². The lowest BCUT2D eigenvalue weighted by Gasteiger charge is -2.35. The first kappa shape index (κ1) is 19.0. The highest BCUT2D eigenvalue weighted by Gasteiger charge is 2.37. The molecule has 0 fully saturated rings. The summed E-state index contributed by atoms with van der Waals surface area (Å²) in [6, 6.07) is 16.7. The van der Waals surface area contributed by atoms with Crippen molar-refractivity contribution in [2.24, 2.45) is 5.92 Å². The van der Waals surface area contributed by atoms with E-state index in [1.165, 1.54) is 36.0 Å². The highest BCUT2D eigenvalue weighted by molar-refractivity contribution is 5.46. The molecule has 2 heteroatoms. The van der Waals surface area contributed by atoms with Gasteiger partial charge in [-0.3, -0.25) is 0 Å². The van der Waals surface area contributed by atoms with Crippen molar-refractivity contribution in [3.8, 4) is 5.75 Å². The molecule has 2 aromatic rings. The Bertz CT molecular complexity index is 895. The lowest BCUT2D eigenvalue weighted by atomic mass is 9.74. The maximum absolute atomic E-state index is 11.5. The molecule has 2 aliphatic rings. The third kappa shape index (κ3) is 3.54. The molecular formula is C26H30O2. The van der Waals surface area contributed by atoms with Gasteiger partial charge in [-0.15, -0.1) is 0 Å². The van der Waals surface area contributed by atoms with Gasteiger partial charge in [0, 0.05) is 11.5 Å². The predicted molar refractivity (Wildman–Crippen MR) is 115 cm³/mol. The molecule has 3 atom stereocenters. The van der Waals surface area contributed by atoms with Crippen LogP contribution >= 0.6 is 0 Å². The van der Waals surface area contributed by atoms with Gasteiger partial charge >= 0.3 is 0 Å². The van der Waals surface area contributed by atoms with Crippen LogP contribution in [0.25, 0.3) is 0 Å². The highest BCUT2D eigenvalue weighted by Crippen LogP contribution is 2.43. The molecule has 0 amide bonds. The number of benzene rings is 2. The van der Waals surface area contributed by atoms with Crippen LogP contribution in [0.5, 0.6) is 5.75 Å². The predicted octanol–water partition coefficient (Wildman–Crippen LogP) is 5.92. The Labute approximate surface area is 168 Å². The van der Waals surface area contributed by atoms with E-state index < -0.39 is 5.60 Å². The standard InChI is InChI=1S/C26H30O2/c1-3-28-25-14-7-6-13-24(25)26(27)16-15-20(17-19(26)2)18-22-11-8-10-21-9-4-5-12-23(21)22/h4-7,9,12-17,19,22,27H,3,8,10-11,18H2,1-2H3. The Kier molecular flexibility index (Phi) is 5.41. The molecule has 0 bridgehead atoms. The van der Waals surface area contributed by atoms with Crippen LogP contribution < -0.4 is 4.74 Å². The molecule has 28 heavy (non-hydrogen) atoms. The number of hydrogen-bond donors (Lipinski definition) is 1. The monoisotopic (exact) mass is 374 g/mol. The summed E-state index contributed by atoms with van der Waals surface area (Å²) in [5.74, 6) is 1.34. The van der Waals surface area contributed by atoms with Crippen molar-refractivity contribution in [3.05, 3.63) is 89.0 Å². The number of fused-ring (bicyclic) bond motifs is 1. The molecule has 4 rings (SSSR count). The first-order chi connectivity index (χ1) is 13.6. The first-order valence-corrected chi connectivity index (χ1v) is 10.5. The Morgan fingerprint density at radius 2 is 1.89 bits per heavy atom. The van der Waals surface area contributed by atoms with Gasteiger partial charge in [0.15, 0.2) is 0 Å². The van der Waals surface area contributed by atoms with Gasteiger partial charge < -0.3 is 9.84 Å². The molecule has 0 aliphatic heterocycles. The zero-order valence-electron chi connectivity index (χ0n) is 16.9. The Balaban J connectivity index is 1.56. The summed E-state index contributed by atoms with van der Waals surface area (Å²) in [5.41, 5.74) is 4.17. The molecule has 0 saturated heterocycles. The molecule has 0 saturated carbocycles. The van der Waals surface area contributed by atoms with Crippen molar-refractivity contribution in [1.82, 2.24) is 0 Å². The van der Waals surface area contributed by atoms with E-state index >= 15 is 0 Å². The first-order valence-electron chi connectivity index (χ1n) is 10.5. The normalized spacial score (nSPS) is 26.5. The topological polar surface area (TPSA) is 29.5 Å². The van der Waals surface area contributed by atoms with Crippen LogP contribution in [0.2, 0.25) is 0 Å². The average Bonchev–Trinajstić information content (AvgIpc) is 2.72. The van der Waals surface area contributed by atoms with E-state index in [9.17, 15) is 5.11 Å². The number of hydrogen-bond acceptors (Lipinski definition) is 2. The van der Waals surface area contributed by atoms with Gasteiger partial charge in [-0.2, -0.15) is 0 Å². The molecule has 2 aliphatic carbocycles. The van der Waals surface area contributed by atoms with Crippen molar-refractivity contribution in [3.63, 3.8) is 0 Å². The minimum Gasteiger partial charge on any atom is -0.493 e. The molecule has 0 spiro atoms. The third-order valence-corrected chi connectivity index (χ3v) is 6.30. The highest BCUT2D eigenvalue weighted by atomic mass is 16.5.